The number of amidine groups is 1. The highest BCUT2D eigenvalue weighted by atomic mass is 35.5. The Hall–Kier alpha value is -4.35. The molecule has 1 unspecified atom stereocenters. The normalized spacial score (nSPS) is 15.6. The fourth-order valence-corrected chi connectivity index (χ4v) is 4.31. The number of nitrogens with one attached hydrogen (secondary N) is 2. The van der Waals surface area contributed by atoms with Crippen molar-refractivity contribution >= 4 is 40.6 Å². The molecule has 37 heavy (non-hydrogen) atoms. The summed E-state index contributed by atoms with van der Waals surface area (Å²) in [6, 6.07) is 23.7. The molecule has 1 aliphatic heterocycles. The van der Waals surface area contributed by atoms with E-state index in [9.17, 15) is 9.59 Å². The monoisotopic (exact) mass is 515 g/mol. The van der Waals surface area contributed by atoms with Crippen molar-refractivity contribution in [1.82, 2.24) is 10.4 Å². The number of anilines is 1. The van der Waals surface area contributed by atoms with Gasteiger partial charge in [0, 0.05) is 29.6 Å². The lowest BCUT2D eigenvalue weighted by Crippen LogP contribution is -2.41. The maximum atomic E-state index is 13.3. The van der Waals surface area contributed by atoms with Crippen LogP contribution >= 0.6 is 11.6 Å². The zero-order chi connectivity index (χ0) is 26.2. The first-order valence-corrected chi connectivity index (χ1v) is 12.1. The predicted octanol–water partition coefficient (Wildman–Crippen LogP) is 5.34. The van der Waals surface area contributed by atoms with Gasteiger partial charge in [0.2, 0.25) is 5.91 Å². The Bertz CT molecular complexity index is 1350. The molecule has 188 valence electrons. The minimum absolute atomic E-state index is 0.339. The molecule has 0 saturated carbocycles. The molecule has 0 aliphatic carbocycles. The molecule has 1 aliphatic rings. The van der Waals surface area contributed by atoms with Crippen LogP contribution in [0.3, 0.4) is 0 Å². The van der Waals surface area contributed by atoms with E-state index in [-0.39, 0.29) is 18.4 Å². The Morgan fingerprint density at radius 2 is 1.97 bits per heavy atom. The third-order valence-electron chi connectivity index (χ3n) is 5.87. The fourth-order valence-electron chi connectivity index (χ4n) is 4.11. The first-order chi connectivity index (χ1) is 18.0. The number of hydrogen-bond donors (Lipinski definition) is 2. The summed E-state index contributed by atoms with van der Waals surface area (Å²) in [5, 5.41) is 13.8. The molecule has 3 aromatic rings. The van der Waals surface area contributed by atoms with E-state index in [0.717, 1.165) is 11.1 Å². The van der Waals surface area contributed by atoms with Crippen LogP contribution in [0.5, 0.6) is 5.75 Å². The summed E-state index contributed by atoms with van der Waals surface area (Å²) in [6.45, 7) is 0. The molecule has 1 atom stereocenters. The Kier molecular flexibility index (Phi) is 8.39. The van der Waals surface area contributed by atoms with Crippen molar-refractivity contribution in [2.45, 2.75) is 31.7 Å². The molecule has 0 bridgehead atoms. The average Bonchev–Trinajstić information content (AvgIpc) is 3.33. The highest BCUT2D eigenvalue weighted by molar-refractivity contribution is 6.30. The van der Waals surface area contributed by atoms with E-state index in [4.69, 9.17) is 26.6 Å². The Balaban J connectivity index is 1.55. The van der Waals surface area contributed by atoms with Crippen LogP contribution in [-0.2, 0) is 16.0 Å². The number of amides is 2. The van der Waals surface area contributed by atoms with Crippen molar-refractivity contribution < 1.29 is 14.3 Å². The Morgan fingerprint density at radius 1 is 1.16 bits per heavy atom. The summed E-state index contributed by atoms with van der Waals surface area (Å²) in [5.74, 6) is 0.358. The third-order valence-corrected chi connectivity index (χ3v) is 6.10. The molecule has 1 saturated heterocycles. The number of hydrogen-bond acceptors (Lipinski definition) is 5. The molecule has 2 amide bonds. The van der Waals surface area contributed by atoms with Crippen LogP contribution in [0.2, 0.25) is 5.02 Å². The molecule has 3 aromatic carbocycles. The number of carbonyl (C=O) groups excluding carboxylic acids is 2. The van der Waals surface area contributed by atoms with Crippen LogP contribution in [-0.4, -0.2) is 29.8 Å². The van der Waals surface area contributed by atoms with E-state index in [2.05, 4.69) is 16.8 Å². The molecular weight excluding hydrogens is 490 g/mol. The van der Waals surface area contributed by atoms with Crippen LogP contribution in [0.4, 0.5) is 11.4 Å². The van der Waals surface area contributed by atoms with Gasteiger partial charge in [-0.25, -0.2) is 10.0 Å². The summed E-state index contributed by atoms with van der Waals surface area (Å²) in [4.78, 5) is 30.7. The fraction of sp³-hybridized carbons (Fsp3) is 0.214. The van der Waals surface area contributed by atoms with Crippen LogP contribution in [0, 0.1) is 11.3 Å². The second-order valence-electron chi connectivity index (χ2n) is 8.45. The van der Waals surface area contributed by atoms with E-state index in [0.29, 0.717) is 47.2 Å². The van der Waals surface area contributed by atoms with Gasteiger partial charge < -0.3 is 10.1 Å². The first-order valence-electron chi connectivity index (χ1n) is 11.8. The molecule has 0 aromatic heterocycles. The molecule has 4 rings (SSSR count). The van der Waals surface area contributed by atoms with Crippen molar-refractivity contribution in [1.29, 1.82) is 5.26 Å². The number of aliphatic imine (C=N–C) groups is 1. The zero-order valence-electron chi connectivity index (χ0n) is 20.3. The van der Waals surface area contributed by atoms with Gasteiger partial charge in [0.25, 0.3) is 5.91 Å². The summed E-state index contributed by atoms with van der Waals surface area (Å²) >= 11 is 6.16. The maximum absolute atomic E-state index is 13.3. The molecule has 0 spiro atoms. The SMILES string of the molecule is COc1cccc(NC(=O)CC(=O)N2NC(=Nc3ccc(Cl)cc3CCC#N)CC2c2ccccc2)c1. The second-order valence-corrected chi connectivity index (χ2v) is 8.89. The quantitative estimate of drug-likeness (QED) is 0.394. The van der Waals surface area contributed by atoms with Crippen molar-refractivity contribution in [3.8, 4) is 11.8 Å². The van der Waals surface area contributed by atoms with Gasteiger partial charge in [-0.1, -0.05) is 48.0 Å². The number of ether oxygens (including phenoxy) is 1. The average molecular weight is 516 g/mol. The number of nitriles is 1. The lowest BCUT2D eigenvalue weighted by molar-refractivity contribution is -0.137. The largest absolute Gasteiger partial charge is 0.497 e. The summed E-state index contributed by atoms with van der Waals surface area (Å²) < 4.78 is 5.19. The molecule has 9 heteroatoms. The number of methoxy groups -OCH3 is 1. The number of carbonyl (C=O) groups is 2. The Morgan fingerprint density at radius 3 is 2.73 bits per heavy atom. The van der Waals surface area contributed by atoms with E-state index in [1.165, 1.54) is 5.01 Å². The molecule has 2 N–H and O–H groups in total. The van der Waals surface area contributed by atoms with Gasteiger partial charge in [0.05, 0.1) is 24.9 Å². The maximum Gasteiger partial charge on any atom is 0.250 e. The van der Waals surface area contributed by atoms with Crippen molar-refractivity contribution in [3.63, 3.8) is 0 Å². The highest BCUT2D eigenvalue weighted by Gasteiger charge is 2.34. The standard InChI is InChI=1S/C28H26ClN5O3/c1-37-23-11-5-10-22(16-23)31-27(35)18-28(36)34-25(19-7-3-2-4-8-19)17-26(33-34)32-24-13-12-21(29)15-20(24)9-6-14-30/h2-5,7-8,10-13,15-16,25H,6,9,17-18H2,1H3,(H,31,35)(H,32,33). The molecule has 1 fully saturated rings. The van der Waals surface area contributed by atoms with E-state index in [1.807, 2.05) is 30.3 Å². The van der Waals surface area contributed by atoms with E-state index < -0.39 is 5.91 Å². The molecule has 0 radical (unpaired) electrons. The molecular formula is C28H26ClN5O3. The van der Waals surface area contributed by atoms with Crippen LogP contribution in [0.1, 0.15) is 36.4 Å². The van der Waals surface area contributed by atoms with Gasteiger partial charge in [-0.15, -0.1) is 0 Å². The lowest BCUT2D eigenvalue weighted by atomic mass is 10.0. The number of aryl methyl sites for hydroxylation is 1. The summed E-state index contributed by atoms with van der Waals surface area (Å²) in [6.07, 6.45) is 0.937. The number of nitrogens with zero attached hydrogens (tertiary/aromatic N) is 3. The van der Waals surface area contributed by atoms with Crippen LogP contribution in [0.25, 0.3) is 0 Å². The van der Waals surface area contributed by atoms with E-state index in [1.54, 1.807) is 49.6 Å². The number of rotatable bonds is 8. The number of benzene rings is 3. The smallest absolute Gasteiger partial charge is 0.250 e. The van der Waals surface area contributed by atoms with Crippen LogP contribution in [0.15, 0.2) is 77.8 Å². The van der Waals surface area contributed by atoms with Crippen molar-refractivity contribution in [2.24, 2.45) is 4.99 Å². The second kappa shape index (κ2) is 12.1. The highest BCUT2D eigenvalue weighted by Crippen LogP contribution is 2.31. The topological polar surface area (TPSA) is 107 Å². The number of halogens is 1. The minimum atomic E-state index is -0.436. The summed E-state index contributed by atoms with van der Waals surface area (Å²) in [7, 11) is 1.54. The van der Waals surface area contributed by atoms with Gasteiger partial charge in [0.1, 0.15) is 18.0 Å². The third kappa shape index (κ3) is 6.66. The van der Waals surface area contributed by atoms with Gasteiger partial charge in [-0.2, -0.15) is 5.26 Å². The lowest BCUT2D eigenvalue weighted by Gasteiger charge is -2.24. The molecule has 1 heterocycles. The van der Waals surface area contributed by atoms with Gasteiger partial charge in [0.15, 0.2) is 0 Å². The number of hydrazine groups is 1. The van der Waals surface area contributed by atoms with E-state index >= 15 is 0 Å². The zero-order valence-corrected chi connectivity index (χ0v) is 21.0. The van der Waals surface area contributed by atoms with Crippen molar-refractivity contribution in [2.75, 3.05) is 12.4 Å². The Labute approximate surface area is 220 Å². The first kappa shape index (κ1) is 25.7. The minimum Gasteiger partial charge on any atom is -0.497 e. The van der Waals surface area contributed by atoms with Crippen LogP contribution < -0.4 is 15.5 Å². The van der Waals surface area contributed by atoms with Crippen molar-refractivity contribution in [3.05, 3.63) is 88.9 Å². The summed E-state index contributed by atoms with van der Waals surface area (Å²) in [5.41, 5.74) is 6.10. The van der Waals surface area contributed by atoms with Gasteiger partial charge in [-0.05, 0) is 47.9 Å². The molecule has 8 nitrogen and oxygen atoms in total. The van der Waals surface area contributed by atoms with Gasteiger partial charge in [-0.3, -0.25) is 15.0 Å². The van der Waals surface area contributed by atoms with Gasteiger partial charge >= 0.3 is 0 Å². The predicted molar refractivity (Wildman–Crippen MR) is 143 cm³/mol.